The summed E-state index contributed by atoms with van der Waals surface area (Å²) in [6.07, 6.45) is 3.43. The maximum atomic E-state index is 12.0. The highest BCUT2D eigenvalue weighted by atomic mass is 35.5. The number of amides is 1. The van der Waals surface area contributed by atoms with Crippen LogP contribution in [0.5, 0.6) is 0 Å². The van der Waals surface area contributed by atoms with Gasteiger partial charge in [-0.1, -0.05) is 17.7 Å². The number of H-pyrrole nitrogens is 1. The monoisotopic (exact) mass is 337 g/mol. The van der Waals surface area contributed by atoms with Crippen molar-refractivity contribution >= 4 is 34.4 Å². The van der Waals surface area contributed by atoms with Crippen LogP contribution in [0.1, 0.15) is 18.4 Å². The zero-order valence-electron chi connectivity index (χ0n) is 12.5. The van der Waals surface area contributed by atoms with Crippen LogP contribution in [0.4, 0.5) is 5.82 Å². The number of nitriles is 1. The third-order valence-electron chi connectivity index (χ3n) is 3.96. The summed E-state index contributed by atoms with van der Waals surface area (Å²) >= 11 is 6.25. The molecule has 1 amide bonds. The normalized spacial score (nSPS) is 13.7. The predicted molar refractivity (Wildman–Crippen MR) is 90.4 cm³/mol. The molecule has 6 nitrogen and oxygen atoms in total. The lowest BCUT2D eigenvalue weighted by molar-refractivity contribution is -0.117. The number of benzene rings is 1. The lowest BCUT2D eigenvalue weighted by Crippen LogP contribution is -2.14. The third kappa shape index (κ3) is 2.49. The average molecular weight is 338 g/mol. The minimum atomic E-state index is -0.0324. The Hall–Kier alpha value is -2.91. The summed E-state index contributed by atoms with van der Waals surface area (Å²) < 4.78 is 0. The standard InChI is InChI=1S/C17H12ClN5O/c18-11-3-1-2-10(8-19)13(11)15-21-12-6-7-20-16(14(12)22-15)23-17(24)9-4-5-9/h1-3,6-7,9H,4-5H2,(H,21,22)(H,20,23,24). The summed E-state index contributed by atoms with van der Waals surface area (Å²) in [6, 6.07) is 8.99. The number of halogens is 1. The van der Waals surface area contributed by atoms with Gasteiger partial charge in [-0.2, -0.15) is 5.26 Å². The number of imidazole rings is 1. The second kappa shape index (κ2) is 5.62. The fourth-order valence-electron chi connectivity index (χ4n) is 2.57. The maximum absolute atomic E-state index is 12.0. The van der Waals surface area contributed by atoms with Crippen LogP contribution < -0.4 is 5.32 Å². The van der Waals surface area contributed by atoms with Crippen LogP contribution in [0.15, 0.2) is 30.5 Å². The average Bonchev–Trinajstić information content (AvgIpc) is 3.34. The fraction of sp³-hybridized carbons (Fsp3) is 0.176. The number of hydrogen-bond acceptors (Lipinski definition) is 4. The van der Waals surface area contributed by atoms with Crippen molar-refractivity contribution in [2.45, 2.75) is 12.8 Å². The molecule has 0 aliphatic heterocycles. The van der Waals surface area contributed by atoms with E-state index in [2.05, 4.69) is 26.3 Å². The van der Waals surface area contributed by atoms with Crippen LogP contribution >= 0.6 is 11.6 Å². The van der Waals surface area contributed by atoms with Crippen LogP contribution in [0.25, 0.3) is 22.4 Å². The minimum absolute atomic E-state index is 0.0324. The van der Waals surface area contributed by atoms with E-state index >= 15 is 0 Å². The summed E-state index contributed by atoms with van der Waals surface area (Å²) in [4.78, 5) is 23.9. The zero-order chi connectivity index (χ0) is 16.7. The summed E-state index contributed by atoms with van der Waals surface area (Å²) in [5.74, 6) is 0.934. The van der Waals surface area contributed by atoms with Crippen LogP contribution in [0.2, 0.25) is 5.02 Å². The quantitative estimate of drug-likeness (QED) is 0.764. The van der Waals surface area contributed by atoms with E-state index in [0.29, 0.717) is 33.3 Å². The first-order valence-corrected chi connectivity index (χ1v) is 7.89. The predicted octanol–water partition coefficient (Wildman–Crippen LogP) is 3.50. The van der Waals surface area contributed by atoms with Crippen molar-refractivity contribution in [1.82, 2.24) is 15.0 Å². The van der Waals surface area contributed by atoms with Gasteiger partial charge in [0.2, 0.25) is 5.91 Å². The smallest absolute Gasteiger partial charge is 0.228 e. The highest BCUT2D eigenvalue weighted by Crippen LogP contribution is 2.33. The van der Waals surface area contributed by atoms with Crippen molar-refractivity contribution in [2.75, 3.05) is 5.32 Å². The fourth-order valence-corrected chi connectivity index (χ4v) is 2.83. The summed E-state index contributed by atoms with van der Waals surface area (Å²) in [6.45, 7) is 0. The van der Waals surface area contributed by atoms with Crippen molar-refractivity contribution in [1.29, 1.82) is 5.26 Å². The number of aromatic nitrogens is 3. The lowest BCUT2D eigenvalue weighted by Gasteiger charge is -2.03. The second-order valence-corrected chi connectivity index (χ2v) is 6.09. The number of nitrogens with one attached hydrogen (secondary N) is 2. The first-order valence-electron chi connectivity index (χ1n) is 7.52. The number of aromatic amines is 1. The molecule has 0 atom stereocenters. The second-order valence-electron chi connectivity index (χ2n) is 5.68. The van der Waals surface area contributed by atoms with Gasteiger partial charge in [0.25, 0.3) is 0 Å². The number of hydrogen-bond donors (Lipinski definition) is 2. The SMILES string of the molecule is N#Cc1cccc(Cl)c1-c1nc2c(NC(=O)C3CC3)nccc2[nH]1. The summed E-state index contributed by atoms with van der Waals surface area (Å²) in [5, 5.41) is 12.6. The molecule has 4 rings (SSSR count). The summed E-state index contributed by atoms with van der Waals surface area (Å²) in [7, 11) is 0. The molecule has 1 saturated carbocycles. The van der Waals surface area contributed by atoms with Gasteiger partial charge in [0.1, 0.15) is 11.3 Å². The molecule has 0 saturated heterocycles. The van der Waals surface area contributed by atoms with E-state index in [9.17, 15) is 10.1 Å². The Labute approximate surface area is 142 Å². The van der Waals surface area contributed by atoms with Crippen molar-refractivity contribution in [3.05, 3.63) is 41.0 Å². The van der Waals surface area contributed by atoms with Crippen molar-refractivity contribution in [3.8, 4) is 17.5 Å². The molecule has 0 spiro atoms. The molecule has 0 unspecified atom stereocenters. The third-order valence-corrected chi connectivity index (χ3v) is 4.28. The van der Waals surface area contributed by atoms with Gasteiger partial charge in [-0.25, -0.2) is 9.97 Å². The molecule has 1 aliphatic carbocycles. The van der Waals surface area contributed by atoms with Gasteiger partial charge in [0, 0.05) is 12.1 Å². The van der Waals surface area contributed by atoms with E-state index in [4.69, 9.17) is 11.6 Å². The van der Waals surface area contributed by atoms with E-state index in [1.807, 2.05) is 0 Å². The van der Waals surface area contributed by atoms with Gasteiger partial charge in [-0.05, 0) is 31.0 Å². The maximum Gasteiger partial charge on any atom is 0.228 e. The molecule has 2 N–H and O–H groups in total. The molecular formula is C17H12ClN5O. The van der Waals surface area contributed by atoms with Gasteiger partial charge in [0.15, 0.2) is 5.82 Å². The molecule has 24 heavy (non-hydrogen) atoms. The Kier molecular flexibility index (Phi) is 3.44. The molecule has 3 aromatic rings. The van der Waals surface area contributed by atoms with Gasteiger partial charge in [-0.15, -0.1) is 0 Å². The Morgan fingerprint density at radius 1 is 1.38 bits per heavy atom. The first-order chi connectivity index (χ1) is 11.7. The van der Waals surface area contributed by atoms with Gasteiger partial charge >= 0.3 is 0 Å². The molecule has 0 radical (unpaired) electrons. The molecule has 7 heteroatoms. The van der Waals surface area contributed by atoms with Gasteiger partial charge in [0.05, 0.1) is 27.7 Å². The largest absolute Gasteiger partial charge is 0.338 e. The molecule has 1 aromatic carbocycles. The molecule has 118 valence electrons. The number of carbonyl (C=O) groups excluding carboxylic acids is 1. The Morgan fingerprint density at radius 3 is 2.96 bits per heavy atom. The van der Waals surface area contributed by atoms with E-state index in [-0.39, 0.29) is 11.8 Å². The topological polar surface area (TPSA) is 94.5 Å². The number of anilines is 1. The Bertz CT molecular complexity index is 1000. The van der Waals surface area contributed by atoms with E-state index in [1.54, 1.807) is 30.5 Å². The number of nitrogens with zero attached hydrogens (tertiary/aromatic N) is 3. The number of pyridine rings is 1. The Morgan fingerprint density at radius 2 is 2.21 bits per heavy atom. The van der Waals surface area contributed by atoms with Crippen molar-refractivity contribution < 1.29 is 4.79 Å². The molecule has 1 aliphatic rings. The highest BCUT2D eigenvalue weighted by molar-refractivity contribution is 6.33. The van der Waals surface area contributed by atoms with Crippen LogP contribution in [-0.4, -0.2) is 20.9 Å². The van der Waals surface area contributed by atoms with Crippen LogP contribution in [0.3, 0.4) is 0 Å². The van der Waals surface area contributed by atoms with E-state index in [1.165, 1.54) is 0 Å². The molecule has 2 heterocycles. The molecular weight excluding hydrogens is 326 g/mol. The minimum Gasteiger partial charge on any atom is -0.338 e. The van der Waals surface area contributed by atoms with Crippen LogP contribution in [0, 0.1) is 17.2 Å². The number of fused-ring (bicyclic) bond motifs is 1. The zero-order valence-corrected chi connectivity index (χ0v) is 13.3. The molecule has 0 bridgehead atoms. The molecule has 1 fully saturated rings. The van der Waals surface area contributed by atoms with E-state index in [0.717, 1.165) is 18.4 Å². The van der Waals surface area contributed by atoms with Crippen molar-refractivity contribution in [3.63, 3.8) is 0 Å². The van der Waals surface area contributed by atoms with Crippen molar-refractivity contribution in [2.24, 2.45) is 5.92 Å². The summed E-state index contributed by atoms with van der Waals surface area (Å²) in [5.41, 5.74) is 2.23. The lowest BCUT2D eigenvalue weighted by atomic mass is 10.1. The van der Waals surface area contributed by atoms with Gasteiger partial charge in [-0.3, -0.25) is 4.79 Å². The Balaban J connectivity index is 1.82. The highest BCUT2D eigenvalue weighted by Gasteiger charge is 2.30. The molecule has 2 aromatic heterocycles. The van der Waals surface area contributed by atoms with E-state index < -0.39 is 0 Å². The van der Waals surface area contributed by atoms with Crippen LogP contribution in [-0.2, 0) is 4.79 Å². The number of rotatable bonds is 3. The van der Waals surface area contributed by atoms with Gasteiger partial charge < -0.3 is 10.3 Å². The number of carbonyl (C=O) groups is 1. The first kappa shape index (κ1) is 14.7.